The van der Waals surface area contributed by atoms with Crippen molar-refractivity contribution in [3.05, 3.63) is 35.1 Å². The van der Waals surface area contributed by atoms with Crippen molar-refractivity contribution in [1.29, 1.82) is 0 Å². The first-order valence-electron chi connectivity index (χ1n) is 10.4. The number of ether oxygens (including phenoxy) is 2. The van der Waals surface area contributed by atoms with Gasteiger partial charge in [-0.1, -0.05) is 18.2 Å². The molecule has 0 aromatic heterocycles. The molecule has 7 heteroatoms. The molecule has 6 nitrogen and oxygen atoms in total. The molecule has 1 saturated heterocycles. The summed E-state index contributed by atoms with van der Waals surface area (Å²) in [6.45, 7) is 11.2. The molecule has 2 atom stereocenters. The smallest absolute Gasteiger partial charge is 0.410 e. The van der Waals surface area contributed by atoms with E-state index in [4.69, 9.17) is 9.47 Å². The zero-order valence-electron chi connectivity index (χ0n) is 18.8. The number of benzene rings is 1. The van der Waals surface area contributed by atoms with Gasteiger partial charge in [0.1, 0.15) is 17.0 Å². The second kappa shape index (κ2) is 9.33. The monoisotopic (exact) mass is 423 g/mol. The van der Waals surface area contributed by atoms with Gasteiger partial charge in [0.2, 0.25) is 0 Å². The molecule has 1 fully saturated rings. The second-order valence-electron chi connectivity index (χ2n) is 9.87. The van der Waals surface area contributed by atoms with Gasteiger partial charge in [-0.25, -0.2) is 9.18 Å². The summed E-state index contributed by atoms with van der Waals surface area (Å²) in [5.41, 5.74) is -0.733. The summed E-state index contributed by atoms with van der Waals surface area (Å²) in [4.78, 5) is 27.0. The van der Waals surface area contributed by atoms with E-state index in [1.807, 2.05) is 0 Å². The van der Waals surface area contributed by atoms with Crippen LogP contribution in [-0.2, 0) is 27.3 Å². The summed E-state index contributed by atoms with van der Waals surface area (Å²) in [5, 5.41) is 9.35. The van der Waals surface area contributed by atoms with Gasteiger partial charge in [0, 0.05) is 18.7 Å². The van der Waals surface area contributed by atoms with Gasteiger partial charge in [0.05, 0.1) is 12.5 Å². The van der Waals surface area contributed by atoms with Crippen LogP contribution in [0.15, 0.2) is 18.2 Å². The lowest BCUT2D eigenvalue weighted by molar-refractivity contribution is -0.162. The van der Waals surface area contributed by atoms with Crippen molar-refractivity contribution in [3.63, 3.8) is 0 Å². The Bertz CT molecular complexity index is 766. The maximum atomic E-state index is 14.7. The average Bonchev–Trinajstić information content (AvgIpc) is 3.07. The first kappa shape index (κ1) is 24.1. The predicted octanol–water partition coefficient (Wildman–Crippen LogP) is 4.08. The Hall–Kier alpha value is -2.15. The summed E-state index contributed by atoms with van der Waals surface area (Å²) in [6.07, 6.45) is 0.327. The van der Waals surface area contributed by atoms with E-state index in [0.717, 1.165) is 0 Å². The summed E-state index contributed by atoms with van der Waals surface area (Å²) in [7, 11) is 0. The first-order chi connectivity index (χ1) is 13.8. The highest BCUT2D eigenvalue weighted by molar-refractivity contribution is 5.74. The van der Waals surface area contributed by atoms with Crippen LogP contribution in [-0.4, -0.2) is 46.4 Å². The summed E-state index contributed by atoms with van der Waals surface area (Å²) in [5.74, 6) is -1.70. The van der Waals surface area contributed by atoms with Crippen molar-refractivity contribution in [2.45, 2.75) is 72.2 Å². The fourth-order valence-electron chi connectivity index (χ4n) is 3.58. The quantitative estimate of drug-likeness (QED) is 0.723. The van der Waals surface area contributed by atoms with Crippen molar-refractivity contribution >= 4 is 12.1 Å². The number of hydrogen-bond acceptors (Lipinski definition) is 5. The zero-order valence-corrected chi connectivity index (χ0v) is 18.8. The molecule has 0 saturated carbocycles. The maximum absolute atomic E-state index is 14.7. The maximum Gasteiger partial charge on any atom is 0.410 e. The van der Waals surface area contributed by atoms with Crippen molar-refractivity contribution in [3.8, 4) is 0 Å². The number of nitrogens with zero attached hydrogens (tertiary/aromatic N) is 1. The van der Waals surface area contributed by atoms with Crippen LogP contribution in [0.5, 0.6) is 0 Å². The van der Waals surface area contributed by atoms with Crippen molar-refractivity contribution < 1.29 is 28.6 Å². The fourth-order valence-corrected chi connectivity index (χ4v) is 3.58. The van der Waals surface area contributed by atoms with Gasteiger partial charge < -0.3 is 19.5 Å². The van der Waals surface area contributed by atoms with E-state index in [1.165, 1.54) is 6.07 Å². The van der Waals surface area contributed by atoms with E-state index in [9.17, 15) is 19.1 Å². The van der Waals surface area contributed by atoms with Crippen molar-refractivity contribution in [1.82, 2.24) is 4.90 Å². The molecule has 0 aliphatic carbocycles. The number of halogens is 1. The van der Waals surface area contributed by atoms with Crippen LogP contribution in [0.25, 0.3) is 0 Å². The highest BCUT2D eigenvalue weighted by Crippen LogP contribution is 2.31. The Morgan fingerprint density at radius 1 is 1.13 bits per heavy atom. The minimum atomic E-state index is -0.676. The van der Waals surface area contributed by atoms with Crippen LogP contribution >= 0.6 is 0 Å². The third-order valence-electron chi connectivity index (χ3n) is 4.92. The number of rotatable bonds is 5. The molecule has 0 unspecified atom stereocenters. The lowest BCUT2D eigenvalue weighted by atomic mass is 9.85. The molecule has 0 radical (unpaired) electrons. The molecular weight excluding hydrogens is 389 g/mol. The first-order valence-corrected chi connectivity index (χ1v) is 10.4. The zero-order chi connectivity index (χ0) is 22.7. The minimum absolute atomic E-state index is 0.140. The summed E-state index contributed by atoms with van der Waals surface area (Å²) < 4.78 is 25.8. The van der Waals surface area contributed by atoms with Gasteiger partial charge in [-0.15, -0.1) is 0 Å². The third kappa shape index (κ3) is 6.69. The van der Waals surface area contributed by atoms with Gasteiger partial charge in [0.15, 0.2) is 0 Å². The van der Waals surface area contributed by atoms with Gasteiger partial charge >= 0.3 is 12.1 Å². The van der Waals surface area contributed by atoms with E-state index in [-0.39, 0.29) is 17.9 Å². The Morgan fingerprint density at radius 3 is 2.30 bits per heavy atom. The molecule has 1 aromatic rings. The lowest BCUT2D eigenvalue weighted by Gasteiger charge is -2.28. The lowest BCUT2D eigenvalue weighted by Crippen LogP contribution is -2.38. The van der Waals surface area contributed by atoms with Crippen LogP contribution in [0.1, 0.15) is 59.1 Å². The van der Waals surface area contributed by atoms with Gasteiger partial charge in [0.25, 0.3) is 0 Å². The molecule has 0 bridgehead atoms. The van der Waals surface area contributed by atoms with Crippen LogP contribution < -0.4 is 0 Å². The van der Waals surface area contributed by atoms with Crippen LogP contribution in [0.2, 0.25) is 0 Å². The molecule has 1 amide bonds. The number of carbonyl (C=O) groups is 2. The van der Waals surface area contributed by atoms with E-state index in [0.29, 0.717) is 25.1 Å². The minimum Gasteiger partial charge on any atom is -0.460 e. The van der Waals surface area contributed by atoms with Crippen molar-refractivity contribution in [2.24, 2.45) is 11.8 Å². The molecule has 1 N–H and O–H groups in total. The molecule has 0 spiro atoms. The normalized spacial score (nSPS) is 18.3. The van der Waals surface area contributed by atoms with E-state index < -0.39 is 41.6 Å². The van der Waals surface area contributed by atoms with E-state index in [1.54, 1.807) is 58.6 Å². The van der Waals surface area contributed by atoms with Gasteiger partial charge in [-0.2, -0.15) is 0 Å². The molecule has 1 heterocycles. The molecule has 1 aliphatic rings. The number of esters is 1. The fraction of sp³-hybridized carbons (Fsp3) is 0.652. The summed E-state index contributed by atoms with van der Waals surface area (Å²) >= 11 is 0. The molecule has 1 aromatic carbocycles. The largest absolute Gasteiger partial charge is 0.460 e. The molecule has 2 rings (SSSR count). The number of hydrogen-bond donors (Lipinski definition) is 1. The molecular formula is C23H34FNO5. The highest BCUT2D eigenvalue weighted by Gasteiger charge is 2.39. The average molecular weight is 424 g/mol. The number of aliphatic hydroxyl groups excluding tert-OH is 1. The number of aliphatic hydroxyl groups is 1. The summed E-state index contributed by atoms with van der Waals surface area (Å²) in [6, 6.07) is 4.80. The van der Waals surface area contributed by atoms with E-state index >= 15 is 0 Å². The number of carbonyl (C=O) groups excluding carboxylic acids is 2. The van der Waals surface area contributed by atoms with Crippen LogP contribution in [0.4, 0.5) is 9.18 Å². The van der Waals surface area contributed by atoms with Crippen LogP contribution in [0, 0.1) is 17.7 Å². The Balaban J connectivity index is 2.23. The standard InChI is InChI=1S/C23H34FNO5/c1-22(2,3)29-20(27)18(12-15-8-7-9-17(14-26)19(15)24)16-10-11-25(13-16)21(28)30-23(4,5)6/h7-9,16,18,26H,10-14H2,1-6H3/t16-,18-/m0/s1. The van der Waals surface area contributed by atoms with E-state index in [2.05, 4.69) is 0 Å². The second-order valence-corrected chi connectivity index (χ2v) is 9.87. The molecule has 168 valence electrons. The Labute approximate surface area is 178 Å². The predicted molar refractivity (Wildman–Crippen MR) is 111 cm³/mol. The van der Waals surface area contributed by atoms with Crippen molar-refractivity contribution in [2.75, 3.05) is 13.1 Å². The highest BCUT2D eigenvalue weighted by atomic mass is 19.1. The van der Waals surface area contributed by atoms with Gasteiger partial charge in [-0.05, 0) is 65.9 Å². The van der Waals surface area contributed by atoms with Gasteiger partial charge in [-0.3, -0.25) is 4.79 Å². The van der Waals surface area contributed by atoms with Crippen LogP contribution in [0.3, 0.4) is 0 Å². The molecule has 30 heavy (non-hydrogen) atoms. The third-order valence-corrected chi connectivity index (χ3v) is 4.92. The topological polar surface area (TPSA) is 76.1 Å². The number of amides is 1. The number of likely N-dealkylation sites (tertiary alicyclic amines) is 1. The Morgan fingerprint density at radius 2 is 1.73 bits per heavy atom. The Kier molecular flexibility index (Phi) is 7.50. The molecule has 1 aliphatic heterocycles. The SMILES string of the molecule is CC(C)(C)OC(=O)[C@@H](Cc1cccc(CO)c1F)[C@H]1CCN(C(=O)OC(C)(C)C)C1.